The molecule has 0 unspecified atom stereocenters. The van der Waals surface area contributed by atoms with E-state index in [4.69, 9.17) is 0 Å². The highest BCUT2D eigenvalue weighted by atomic mass is 32.2. The zero-order chi connectivity index (χ0) is 20.6. The molecule has 1 heterocycles. The highest BCUT2D eigenvalue weighted by Crippen LogP contribution is 2.61. The molecule has 4 aliphatic carbocycles. The first kappa shape index (κ1) is 20.1. The standard InChI is InChI=1S/C23H27N3O2S2/c27-21(11-23-8-15-5-16(9-23)7-17(6-15)10-23)25-26-22(28)18-1-3-20(4-2-18)30-13-19-12-29-14-24-19/h1-4,12,14-17H,5-11,13H2,(H,25,27)(H,26,28). The maximum absolute atomic E-state index is 12.6. The Morgan fingerprint density at radius 3 is 2.30 bits per heavy atom. The maximum Gasteiger partial charge on any atom is 0.269 e. The number of nitrogens with zero attached hydrogens (tertiary/aromatic N) is 1. The Labute approximate surface area is 185 Å². The van der Waals surface area contributed by atoms with Crippen LogP contribution in [0.4, 0.5) is 0 Å². The van der Waals surface area contributed by atoms with E-state index in [1.165, 1.54) is 38.5 Å². The number of rotatable bonds is 6. The van der Waals surface area contributed by atoms with Crippen LogP contribution < -0.4 is 10.9 Å². The zero-order valence-corrected chi connectivity index (χ0v) is 18.6. The summed E-state index contributed by atoms with van der Waals surface area (Å²) in [4.78, 5) is 30.4. The summed E-state index contributed by atoms with van der Waals surface area (Å²) in [6.07, 6.45) is 8.24. The number of amides is 2. The molecule has 2 amide bonds. The van der Waals surface area contributed by atoms with Gasteiger partial charge in [-0.3, -0.25) is 20.4 Å². The Morgan fingerprint density at radius 1 is 1.03 bits per heavy atom. The van der Waals surface area contributed by atoms with Gasteiger partial charge >= 0.3 is 0 Å². The zero-order valence-electron chi connectivity index (χ0n) is 16.9. The number of hydrogen-bond donors (Lipinski definition) is 2. The summed E-state index contributed by atoms with van der Waals surface area (Å²) >= 11 is 3.28. The number of aromatic nitrogens is 1. The Balaban J connectivity index is 1.10. The smallest absolute Gasteiger partial charge is 0.269 e. The molecule has 2 aromatic rings. The third kappa shape index (κ3) is 4.42. The highest BCUT2D eigenvalue weighted by molar-refractivity contribution is 7.98. The summed E-state index contributed by atoms with van der Waals surface area (Å²) in [5, 5.41) is 2.04. The molecule has 2 N–H and O–H groups in total. The number of thioether (sulfide) groups is 1. The van der Waals surface area contributed by atoms with E-state index in [-0.39, 0.29) is 17.2 Å². The second-order valence-corrected chi connectivity index (χ2v) is 11.2. The molecule has 158 valence electrons. The molecule has 1 aromatic carbocycles. The Kier molecular flexibility index (Phi) is 5.58. The maximum atomic E-state index is 12.6. The molecular formula is C23H27N3O2S2. The van der Waals surface area contributed by atoms with Gasteiger partial charge < -0.3 is 0 Å². The van der Waals surface area contributed by atoms with Gasteiger partial charge in [-0.1, -0.05) is 0 Å². The summed E-state index contributed by atoms with van der Waals surface area (Å²) in [6.45, 7) is 0. The molecule has 0 saturated heterocycles. The normalized spacial score (nSPS) is 29.0. The summed E-state index contributed by atoms with van der Waals surface area (Å²) in [7, 11) is 0. The van der Waals surface area contributed by atoms with Gasteiger partial charge in [-0.05, 0) is 86.0 Å². The Hall–Kier alpha value is -1.86. The van der Waals surface area contributed by atoms with E-state index in [2.05, 4.69) is 15.8 Å². The van der Waals surface area contributed by atoms with Crippen LogP contribution in [0.1, 0.15) is 61.0 Å². The van der Waals surface area contributed by atoms with Crippen molar-refractivity contribution in [3.05, 3.63) is 46.4 Å². The van der Waals surface area contributed by atoms with E-state index >= 15 is 0 Å². The summed E-state index contributed by atoms with van der Waals surface area (Å²) in [5.41, 5.74) is 8.89. The SMILES string of the molecule is O=C(CC12CC3CC(CC(C3)C1)C2)NNC(=O)c1ccc(SCc2cscn2)cc1. The number of hydrazine groups is 1. The van der Waals surface area contributed by atoms with Crippen LogP contribution in [0.3, 0.4) is 0 Å². The van der Waals surface area contributed by atoms with Crippen molar-refractivity contribution in [2.75, 3.05) is 0 Å². The lowest BCUT2D eigenvalue weighted by Gasteiger charge is -2.56. The van der Waals surface area contributed by atoms with E-state index in [0.29, 0.717) is 12.0 Å². The molecule has 1 aromatic heterocycles. The van der Waals surface area contributed by atoms with E-state index in [9.17, 15) is 9.59 Å². The van der Waals surface area contributed by atoms with Gasteiger partial charge in [0.1, 0.15) is 0 Å². The van der Waals surface area contributed by atoms with Gasteiger partial charge in [0, 0.05) is 28.0 Å². The number of carbonyl (C=O) groups is 2. The quantitative estimate of drug-likeness (QED) is 0.499. The predicted octanol–water partition coefficient (Wildman–Crippen LogP) is 4.80. The van der Waals surface area contributed by atoms with Crippen molar-refractivity contribution >= 4 is 34.9 Å². The molecular weight excluding hydrogens is 414 g/mol. The molecule has 0 spiro atoms. The van der Waals surface area contributed by atoms with Gasteiger partial charge in [0.2, 0.25) is 5.91 Å². The van der Waals surface area contributed by atoms with Crippen molar-refractivity contribution in [1.82, 2.24) is 15.8 Å². The minimum atomic E-state index is -0.273. The monoisotopic (exact) mass is 441 g/mol. The molecule has 5 nitrogen and oxygen atoms in total. The van der Waals surface area contributed by atoms with Gasteiger partial charge in [-0.25, -0.2) is 4.98 Å². The first-order chi connectivity index (χ1) is 14.6. The van der Waals surface area contributed by atoms with Crippen molar-refractivity contribution < 1.29 is 9.59 Å². The van der Waals surface area contributed by atoms with Crippen molar-refractivity contribution in [3.8, 4) is 0 Å². The Bertz CT molecular complexity index is 876. The number of benzene rings is 1. The first-order valence-electron chi connectivity index (χ1n) is 10.8. The lowest BCUT2D eigenvalue weighted by atomic mass is 9.49. The molecule has 6 rings (SSSR count). The van der Waals surface area contributed by atoms with Crippen molar-refractivity contribution in [2.24, 2.45) is 23.2 Å². The van der Waals surface area contributed by atoms with Gasteiger partial charge in [-0.15, -0.1) is 23.1 Å². The Morgan fingerprint density at radius 2 is 1.70 bits per heavy atom. The van der Waals surface area contributed by atoms with Crippen LogP contribution in [-0.4, -0.2) is 16.8 Å². The second-order valence-electron chi connectivity index (χ2n) is 9.39. The summed E-state index contributed by atoms with van der Waals surface area (Å²) in [5.74, 6) is 2.96. The molecule has 4 aliphatic rings. The van der Waals surface area contributed by atoms with Crippen LogP contribution in [0, 0.1) is 23.2 Å². The average molecular weight is 442 g/mol. The lowest BCUT2D eigenvalue weighted by molar-refractivity contribution is -0.130. The molecule has 0 aliphatic heterocycles. The number of thiazole rings is 1. The topological polar surface area (TPSA) is 71.1 Å². The molecule has 4 bridgehead atoms. The third-order valence-electron chi connectivity index (χ3n) is 7.00. The van der Waals surface area contributed by atoms with Gasteiger partial charge in [0.25, 0.3) is 5.91 Å². The van der Waals surface area contributed by atoms with Gasteiger partial charge in [0.05, 0.1) is 11.2 Å². The first-order valence-corrected chi connectivity index (χ1v) is 12.7. The van der Waals surface area contributed by atoms with Crippen LogP contribution in [0.2, 0.25) is 0 Å². The minimum absolute atomic E-state index is 0.0549. The summed E-state index contributed by atoms with van der Waals surface area (Å²) < 4.78 is 0. The van der Waals surface area contributed by atoms with Gasteiger partial charge in [0.15, 0.2) is 0 Å². The predicted molar refractivity (Wildman–Crippen MR) is 119 cm³/mol. The molecule has 0 radical (unpaired) electrons. The molecule has 30 heavy (non-hydrogen) atoms. The highest BCUT2D eigenvalue weighted by Gasteiger charge is 2.51. The summed E-state index contributed by atoms with van der Waals surface area (Å²) in [6, 6.07) is 7.46. The van der Waals surface area contributed by atoms with Crippen LogP contribution in [-0.2, 0) is 10.5 Å². The molecule has 4 fully saturated rings. The number of carbonyl (C=O) groups excluding carboxylic acids is 2. The number of nitrogens with one attached hydrogen (secondary N) is 2. The van der Waals surface area contributed by atoms with Crippen LogP contribution in [0.5, 0.6) is 0 Å². The molecule has 0 atom stereocenters. The van der Waals surface area contributed by atoms with E-state index in [1.54, 1.807) is 35.2 Å². The molecule has 4 saturated carbocycles. The fraction of sp³-hybridized carbons (Fsp3) is 0.522. The van der Waals surface area contributed by atoms with E-state index in [1.807, 2.05) is 23.0 Å². The van der Waals surface area contributed by atoms with Crippen molar-refractivity contribution in [3.63, 3.8) is 0 Å². The third-order valence-corrected chi connectivity index (χ3v) is 8.68. The average Bonchev–Trinajstić information content (AvgIpc) is 3.23. The van der Waals surface area contributed by atoms with E-state index in [0.717, 1.165) is 34.1 Å². The molecule has 7 heteroatoms. The van der Waals surface area contributed by atoms with Crippen LogP contribution in [0.25, 0.3) is 0 Å². The minimum Gasteiger partial charge on any atom is -0.273 e. The fourth-order valence-electron chi connectivity index (χ4n) is 6.26. The van der Waals surface area contributed by atoms with Crippen LogP contribution in [0.15, 0.2) is 40.1 Å². The lowest BCUT2D eigenvalue weighted by Crippen LogP contribution is -2.50. The largest absolute Gasteiger partial charge is 0.273 e. The van der Waals surface area contributed by atoms with Crippen LogP contribution >= 0.6 is 23.1 Å². The van der Waals surface area contributed by atoms with Gasteiger partial charge in [-0.2, -0.15) is 0 Å². The second kappa shape index (κ2) is 8.35. The van der Waals surface area contributed by atoms with Crippen molar-refractivity contribution in [2.45, 2.75) is 55.6 Å². The fourth-order valence-corrected chi connectivity index (χ4v) is 7.72. The number of hydrogen-bond acceptors (Lipinski definition) is 5. The van der Waals surface area contributed by atoms with E-state index < -0.39 is 0 Å². The van der Waals surface area contributed by atoms with Crippen molar-refractivity contribution in [1.29, 1.82) is 0 Å².